The van der Waals surface area contributed by atoms with Crippen LogP contribution in [0.25, 0.3) is 0 Å². The molecular weight excluding hydrogens is 250 g/mol. The van der Waals surface area contributed by atoms with E-state index < -0.39 is 12.0 Å². The molecule has 8 heteroatoms. The highest BCUT2D eigenvalue weighted by atomic mass is 16.4. The Morgan fingerprint density at radius 1 is 1.37 bits per heavy atom. The lowest BCUT2D eigenvalue weighted by Gasteiger charge is -2.06. The number of imidazole rings is 1. The standard InChI is InChI=1S/C11H11N5O3/c17-10(18)7-3-8(5-12-4-7)16-11(19)15-6-9-13-1-2-14-9/h1-5H,6H2,(H,13,14)(H,17,18)(H2,15,16,19). The Labute approximate surface area is 107 Å². The van der Waals surface area contributed by atoms with Gasteiger partial charge in [-0.2, -0.15) is 0 Å². The zero-order chi connectivity index (χ0) is 13.7. The summed E-state index contributed by atoms with van der Waals surface area (Å²) >= 11 is 0. The normalized spacial score (nSPS) is 9.89. The maximum Gasteiger partial charge on any atom is 0.337 e. The molecule has 0 radical (unpaired) electrons. The first kappa shape index (κ1) is 12.6. The quantitative estimate of drug-likeness (QED) is 0.649. The third-order valence-corrected chi connectivity index (χ3v) is 2.21. The summed E-state index contributed by atoms with van der Waals surface area (Å²) in [5.74, 6) is -0.486. The van der Waals surface area contributed by atoms with E-state index in [1.165, 1.54) is 18.5 Å². The molecule has 2 aromatic rings. The molecule has 98 valence electrons. The number of H-pyrrole nitrogens is 1. The van der Waals surface area contributed by atoms with Gasteiger partial charge in [-0.05, 0) is 6.07 Å². The molecule has 0 aromatic carbocycles. The Bertz CT molecular complexity index is 582. The minimum atomic E-state index is -1.10. The molecule has 8 nitrogen and oxygen atoms in total. The fourth-order valence-electron chi connectivity index (χ4n) is 1.36. The summed E-state index contributed by atoms with van der Waals surface area (Å²) in [6.07, 6.45) is 5.79. The fraction of sp³-hybridized carbons (Fsp3) is 0.0909. The van der Waals surface area contributed by atoms with Crippen molar-refractivity contribution in [3.05, 3.63) is 42.2 Å². The minimum absolute atomic E-state index is 0.00355. The van der Waals surface area contributed by atoms with Crippen molar-refractivity contribution in [3.8, 4) is 0 Å². The van der Waals surface area contributed by atoms with Crippen LogP contribution in [0.1, 0.15) is 16.2 Å². The molecule has 0 aliphatic rings. The number of hydrogen-bond acceptors (Lipinski definition) is 4. The number of aromatic carboxylic acids is 1. The summed E-state index contributed by atoms with van der Waals surface area (Å²) in [5.41, 5.74) is 0.306. The lowest BCUT2D eigenvalue weighted by molar-refractivity contribution is 0.0696. The van der Waals surface area contributed by atoms with Gasteiger partial charge in [-0.25, -0.2) is 14.6 Å². The van der Waals surface area contributed by atoms with Gasteiger partial charge < -0.3 is 20.7 Å². The molecule has 2 aromatic heterocycles. The van der Waals surface area contributed by atoms with Gasteiger partial charge in [0.05, 0.1) is 24.0 Å². The topological polar surface area (TPSA) is 120 Å². The van der Waals surface area contributed by atoms with Crippen LogP contribution in [0.4, 0.5) is 10.5 Å². The molecule has 19 heavy (non-hydrogen) atoms. The number of nitrogens with zero attached hydrogens (tertiary/aromatic N) is 2. The van der Waals surface area contributed by atoms with Gasteiger partial charge in [-0.3, -0.25) is 4.98 Å². The number of amides is 2. The predicted octanol–water partition coefficient (Wildman–Crippen LogP) is 0.825. The van der Waals surface area contributed by atoms with Crippen molar-refractivity contribution in [2.45, 2.75) is 6.54 Å². The van der Waals surface area contributed by atoms with E-state index in [-0.39, 0.29) is 12.1 Å². The summed E-state index contributed by atoms with van der Waals surface area (Å²) in [4.78, 5) is 32.8. The molecule has 0 atom stereocenters. The molecule has 2 amide bonds. The third kappa shape index (κ3) is 3.53. The van der Waals surface area contributed by atoms with E-state index in [9.17, 15) is 9.59 Å². The number of urea groups is 1. The molecule has 2 heterocycles. The van der Waals surface area contributed by atoms with E-state index in [1.54, 1.807) is 12.4 Å². The second-order valence-corrected chi connectivity index (χ2v) is 3.61. The number of pyridine rings is 1. The average molecular weight is 261 g/mol. The van der Waals surface area contributed by atoms with Gasteiger partial charge in [0.15, 0.2) is 0 Å². The van der Waals surface area contributed by atoms with Crippen LogP contribution in [-0.2, 0) is 6.54 Å². The monoisotopic (exact) mass is 261 g/mol. The van der Waals surface area contributed by atoms with Crippen LogP contribution < -0.4 is 10.6 Å². The van der Waals surface area contributed by atoms with Crippen LogP contribution in [-0.4, -0.2) is 32.1 Å². The molecule has 0 saturated carbocycles. The van der Waals surface area contributed by atoms with Crippen molar-refractivity contribution in [1.29, 1.82) is 0 Å². The molecule has 0 spiro atoms. The highest BCUT2D eigenvalue weighted by molar-refractivity contribution is 5.92. The SMILES string of the molecule is O=C(NCc1ncc[nH]1)Nc1cncc(C(=O)O)c1. The first-order valence-corrected chi connectivity index (χ1v) is 5.36. The van der Waals surface area contributed by atoms with Crippen LogP contribution in [0.2, 0.25) is 0 Å². The Balaban J connectivity index is 1.91. The Morgan fingerprint density at radius 3 is 2.89 bits per heavy atom. The second-order valence-electron chi connectivity index (χ2n) is 3.61. The number of rotatable bonds is 4. The van der Waals surface area contributed by atoms with Crippen LogP contribution in [0.15, 0.2) is 30.9 Å². The Hall–Kier alpha value is -2.90. The van der Waals surface area contributed by atoms with E-state index >= 15 is 0 Å². The van der Waals surface area contributed by atoms with Gasteiger partial charge in [0, 0.05) is 18.6 Å². The van der Waals surface area contributed by atoms with Crippen LogP contribution >= 0.6 is 0 Å². The fourth-order valence-corrected chi connectivity index (χ4v) is 1.36. The van der Waals surface area contributed by atoms with Crippen LogP contribution in [0.3, 0.4) is 0 Å². The van der Waals surface area contributed by atoms with Crippen molar-refractivity contribution in [2.75, 3.05) is 5.32 Å². The lowest BCUT2D eigenvalue weighted by atomic mass is 10.3. The first-order valence-electron chi connectivity index (χ1n) is 5.36. The average Bonchev–Trinajstić information content (AvgIpc) is 2.90. The molecule has 4 N–H and O–H groups in total. The van der Waals surface area contributed by atoms with Crippen molar-refractivity contribution in [2.24, 2.45) is 0 Å². The van der Waals surface area contributed by atoms with E-state index in [2.05, 4.69) is 25.6 Å². The van der Waals surface area contributed by atoms with Gasteiger partial charge in [0.2, 0.25) is 0 Å². The van der Waals surface area contributed by atoms with Crippen molar-refractivity contribution in [1.82, 2.24) is 20.3 Å². The predicted molar refractivity (Wildman–Crippen MR) is 65.6 cm³/mol. The van der Waals surface area contributed by atoms with Crippen molar-refractivity contribution in [3.63, 3.8) is 0 Å². The van der Waals surface area contributed by atoms with Crippen LogP contribution in [0.5, 0.6) is 0 Å². The molecule has 0 unspecified atom stereocenters. The third-order valence-electron chi connectivity index (χ3n) is 2.21. The van der Waals surface area contributed by atoms with E-state index in [0.717, 1.165) is 0 Å². The van der Waals surface area contributed by atoms with Crippen molar-refractivity contribution >= 4 is 17.7 Å². The molecule has 0 saturated heterocycles. The Kier molecular flexibility index (Phi) is 3.72. The molecule has 0 fully saturated rings. The number of carbonyl (C=O) groups excluding carboxylic acids is 1. The molecular formula is C11H11N5O3. The summed E-state index contributed by atoms with van der Waals surface area (Å²) in [6, 6.07) is 0.850. The number of nitrogens with one attached hydrogen (secondary N) is 3. The number of anilines is 1. The van der Waals surface area contributed by atoms with E-state index in [4.69, 9.17) is 5.11 Å². The number of hydrogen-bond donors (Lipinski definition) is 4. The molecule has 0 aliphatic heterocycles. The van der Waals surface area contributed by atoms with Gasteiger partial charge in [-0.1, -0.05) is 0 Å². The van der Waals surface area contributed by atoms with E-state index in [1.807, 2.05) is 0 Å². The largest absolute Gasteiger partial charge is 0.478 e. The summed E-state index contributed by atoms with van der Waals surface area (Å²) < 4.78 is 0. The maximum atomic E-state index is 11.5. The van der Waals surface area contributed by atoms with Gasteiger partial charge >= 0.3 is 12.0 Å². The number of carboxylic acid groups (broad SMARTS) is 1. The second kappa shape index (κ2) is 5.63. The maximum absolute atomic E-state index is 11.5. The molecule has 0 aliphatic carbocycles. The smallest absolute Gasteiger partial charge is 0.337 e. The number of aromatic amines is 1. The minimum Gasteiger partial charge on any atom is -0.478 e. The zero-order valence-electron chi connectivity index (χ0n) is 9.75. The van der Waals surface area contributed by atoms with Gasteiger partial charge in [0.1, 0.15) is 5.82 Å². The van der Waals surface area contributed by atoms with Gasteiger partial charge in [-0.15, -0.1) is 0 Å². The first-order chi connectivity index (χ1) is 9.15. The summed E-state index contributed by atoms with van der Waals surface area (Å²) in [6.45, 7) is 0.241. The summed E-state index contributed by atoms with van der Waals surface area (Å²) in [7, 11) is 0. The highest BCUT2D eigenvalue weighted by Gasteiger charge is 2.07. The lowest BCUT2D eigenvalue weighted by Crippen LogP contribution is -2.28. The number of carboxylic acids is 1. The Morgan fingerprint density at radius 2 is 2.21 bits per heavy atom. The van der Waals surface area contributed by atoms with Gasteiger partial charge in [0.25, 0.3) is 0 Å². The summed E-state index contributed by atoms with van der Waals surface area (Å²) in [5, 5.41) is 13.8. The van der Waals surface area contributed by atoms with E-state index in [0.29, 0.717) is 11.5 Å². The number of aromatic nitrogens is 3. The van der Waals surface area contributed by atoms with Crippen LogP contribution in [0, 0.1) is 0 Å². The molecule has 0 bridgehead atoms. The molecule has 2 rings (SSSR count). The highest BCUT2D eigenvalue weighted by Crippen LogP contribution is 2.08. The van der Waals surface area contributed by atoms with Crippen molar-refractivity contribution < 1.29 is 14.7 Å². The number of carbonyl (C=O) groups is 2. The zero-order valence-corrected chi connectivity index (χ0v) is 9.75.